The summed E-state index contributed by atoms with van der Waals surface area (Å²) >= 11 is 0. The monoisotopic (exact) mass is 263 g/mol. The van der Waals surface area contributed by atoms with Gasteiger partial charge in [0.2, 0.25) is 0 Å². The van der Waals surface area contributed by atoms with Crippen LogP contribution in [-0.4, -0.2) is 30.8 Å². The average molecular weight is 263 g/mol. The van der Waals surface area contributed by atoms with Crippen LogP contribution in [0.4, 0.5) is 24.7 Å². The van der Waals surface area contributed by atoms with Crippen molar-refractivity contribution in [2.75, 3.05) is 24.7 Å². The highest BCUT2D eigenvalue weighted by atomic mass is 19.4. The molecular formula is C10H12F3N3O2. The molecule has 0 unspecified atom stereocenters. The molecule has 1 aromatic heterocycles. The molecule has 0 amide bonds. The number of anilines is 2. The molecule has 0 aromatic carbocycles. The van der Waals surface area contributed by atoms with Crippen LogP contribution in [0.15, 0.2) is 12.1 Å². The van der Waals surface area contributed by atoms with Gasteiger partial charge in [0.15, 0.2) is 5.69 Å². The lowest BCUT2D eigenvalue weighted by Gasteiger charge is -2.10. The SMILES string of the molecule is COC(=O)c1ccc(N)c(NCCC(F)(F)F)n1. The molecule has 100 valence electrons. The number of nitrogen functional groups attached to an aromatic ring is 1. The normalized spacial score (nSPS) is 11.1. The van der Waals surface area contributed by atoms with E-state index in [9.17, 15) is 18.0 Å². The Morgan fingerprint density at radius 2 is 2.17 bits per heavy atom. The molecule has 5 nitrogen and oxygen atoms in total. The standard InChI is InChI=1S/C10H12F3N3O2/c1-18-9(17)7-3-2-6(14)8(16-7)15-5-4-10(11,12)13/h2-3H,4-5,14H2,1H3,(H,15,16). The molecule has 1 aromatic rings. The van der Waals surface area contributed by atoms with Crippen molar-refractivity contribution in [3.05, 3.63) is 17.8 Å². The third kappa shape index (κ3) is 4.11. The van der Waals surface area contributed by atoms with E-state index in [-0.39, 0.29) is 23.7 Å². The number of rotatable bonds is 4. The van der Waals surface area contributed by atoms with Gasteiger partial charge in [0.25, 0.3) is 0 Å². The van der Waals surface area contributed by atoms with Gasteiger partial charge in [-0.05, 0) is 12.1 Å². The molecule has 18 heavy (non-hydrogen) atoms. The zero-order valence-corrected chi connectivity index (χ0v) is 9.54. The second-order valence-corrected chi connectivity index (χ2v) is 3.42. The van der Waals surface area contributed by atoms with Crippen molar-refractivity contribution in [2.24, 2.45) is 0 Å². The van der Waals surface area contributed by atoms with Crippen LogP contribution in [-0.2, 0) is 4.74 Å². The van der Waals surface area contributed by atoms with Crippen molar-refractivity contribution in [2.45, 2.75) is 12.6 Å². The Balaban J connectivity index is 2.73. The lowest BCUT2D eigenvalue weighted by atomic mass is 10.3. The zero-order chi connectivity index (χ0) is 13.8. The molecule has 0 bridgehead atoms. The maximum atomic E-state index is 12.0. The lowest BCUT2D eigenvalue weighted by Crippen LogP contribution is -2.16. The van der Waals surface area contributed by atoms with Crippen LogP contribution in [0.5, 0.6) is 0 Å². The van der Waals surface area contributed by atoms with Gasteiger partial charge < -0.3 is 15.8 Å². The number of alkyl halides is 3. The highest BCUT2D eigenvalue weighted by Crippen LogP contribution is 2.21. The first-order valence-corrected chi connectivity index (χ1v) is 4.99. The Hall–Kier alpha value is -1.99. The Bertz CT molecular complexity index is 435. The minimum Gasteiger partial charge on any atom is -0.464 e. The number of pyridine rings is 1. The molecule has 1 heterocycles. The first-order chi connectivity index (χ1) is 8.33. The van der Waals surface area contributed by atoms with Crippen molar-refractivity contribution in [3.63, 3.8) is 0 Å². The number of aromatic nitrogens is 1. The van der Waals surface area contributed by atoms with E-state index in [0.29, 0.717) is 0 Å². The lowest BCUT2D eigenvalue weighted by molar-refractivity contribution is -0.131. The fourth-order valence-corrected chi connectivity index (χ4v) is 1.15. The molecule has 8 heteroatoms. The number of halogens is 3. The van der Waals surface area contributed by atoms with Crippen LogP contribution in [0.1, 0.15) is 16.9 Å². The zero-order valence-electron chi connectivity index (χ0n) is 9.54. The largest absolute Gasteiger partial charge is 0.464 e. The smallest absolute Gasteiger partial charge is 0.390 e. The second-order valence-electron chi connectivity index (χ2n) is 3.42. The molecule has 3 N–H and O–H groups in total. The van der Waals surface area contributed by atoms with Crippen LogP contribution in [0, 0.1) is 0 Å². The number of carbonyl (C=O) groups excluding carboxylic acids is 1. The quantitative estimate of drug-likeness (QED) is 0.810. The molecule has 0 saturated carbocycles. The van der Waals surface area contributed by atoms with Crippen LogP contribution < -0.4 is 11.1 Å². The van der Waals surface area contributed by atoms with Crippen molar-refractivity contribution >= 4 is 17.5 Å². The van der Waals surface area contributed by atoms with Crippen LogP contribution in [0.25, 0.3) is 0 Å². The van der Waals surface area contributed by atoms with E-state index in [1.165, 1.54) is 19.2 Å². The predicted octanol–water partition coefficient (Wildman–Crippen LogP) is 1.81. The first kappa shape index (κ1) is 14.1. The van der Waals surface area contributed by atoms with Gasteiger partial charge in [0.05, 0.1) is 19.2 Å². The number of nitrogens with zero attached hydrogens (tertiary/aromatic N) is 1. The summed E-state index contributed by atoms with van der Waals surface area (Å²) in [7, 11) is 1.18. The van der Waals surface area contributed by atoms with Crippen molar-refractivity contribution < 1.29 is 22.7 Å². The maximum Gasteiger partial charge on any atom is 0.390 e. The molecule has 0 saturated heterocycles. The summed E-state index contributed by atoms with van der Waals surface area (Å²) in [5, 5.41) is 2.42. The summed E-state index contributed by atoms with van der Waals surface area (Å²) in [5.41, 5.74) is 5.65. The molecule has 0 fully saturated rings. The van der Waals surface area contributed by atoms with Crippen LogP contribution >= 0.6 is 0 Å². The predicted molar refractivity (Wildman–Crippen MR) is 59.2 cm³/mol. The van der Waals surface area contributed by atoms with Gasteiger partial charge in [-0.1, -0.05) is 0 Å². The van der Waals surface area contributed by atoms with Gasteiger partial charge in [0, 0.05) is 6.54 Å². The van der Waals surface area contributed by atoms with E-state index >= 15 is 0 Å². The Labute approximate surface area is 101 Å². The first-order valence-electron chi connectivity index (χ1n) is 4.99. The van der Waals surface area contributed by atoms with Gasteiger partial charge >= 0.3 is 12.1 Å². The van der Waals surface area contributed by atoms with E-state index in [4.69, 9.17) is 5.73 Å². The average Bonchev–Trinajstić information content (AvgIpc) is 2.29. The highest BCUT2D eigenvalue weighted by Gasteiger charge is 2.26. The highest BCUT2D eigenvalue weighted by molar-refractivity contribution is 5.88. The Morgan fingerprint density at radius 1 is 1.50 bits per heavy atom. The number of esters is 1. The van der Waals surface area contributed by atoms with Crippen molar-refractivity contribution in [1.82, 2.24) is 4.98 Å². The summed E-state index contributed by atoms with van der Waals surface area (Å²) in [6, 6.07) is 2.70. The Kier molecular flexibility index (Phi) is 4.35. The van der Waals surface area contributed by atoms with Crippen molar-refractivity contribution in [1.29, 1.82) is 0 Å². The van der Waals surface area contributed by atoms with E-state index in [1.807, 2.05) is 0 Å². The van der Waals surface area contributed by atoms with E-state index in [0.717, 1.165) is 0 Å². The number of nitrogens with two attached hydrogens (primary N) is 1. The number of ether oxygens (including phenoxy) is 1. The fourth-order valence-electron chi connectivity index (χ4n) is 1.15. The summed E-state index contributed by atoms with van der Waals surface area (Å²) in [6.45, 7) is -0.370. The molecule has 0 spiro atoms. The van der Waals surface area contributed by atoms with Gasteiger partial charge in [-0.2, -0.15) is 13.2 Å². The second kappa shape index (κ2) is 5.56. The number of carbonyl (C=O) groups is 1. The number of methoxy groups -OCH3 is 1. The molecule has 0 aliphatic carbocycles. The molecule has 1 rings (SSSR count). The fraction of sp³-hybridized carbons (Fsp3) is 0.400. The van der Waals surface area contributed by atoms with E-state index in [2.05, 4.69) is 15.0 Å². The minimum absolute atomic E-state index is 0.0267. The van der Waals surface area contributed by atoms with Gasteiger partial charge in [-0.3, -0.25) is 0 Å². The van der Waals surface area contributed by atoms with Crippen molar-refractivity contribution in [3.8, 4) is 0 Å². The Morgan fingerprint density at radius 3 is 2.72 bits per heavy atom. The number of hydrogen-bond donors (Lipinski definition) is 2. The molecule has 0 aliphatic heterocycles. The third-order valence-electron chi connectivity index (χ3n) is 2.02. The maximum absolute atomic E-state index is 12.0. The van der Waals surface area contributed by atoms with Crippen LogP contribution in [0.3, 0.4) is 0 Å². The molecular weight excluding hydrogens is 251 g/mol. The third-order valence-corrected chi connectivity index (χ3v) is 2.02. The summed E-state index contributed by atoms with van der Waals surface area (Å²) < 4.78 is 40.3. The molecule has 0 aliphatic rings. The van der Waals surface area contributed by atoms with Gasteiger partial charge in [-0.25, -0.2) is 9.78 Å². The van der Waals surface area contributed by atoms with Crippen LogP contribution in [0.2, 0.25) is 0 Å². The summed E-state index contributed by atoms with van der Waals surface area (Å²) in [5.74, 6) is -0.656. The van der Waals surface area contributed by atoms with E-state index in [1.54, 1.807) is 0 Å². The van der Waals surface area contributed by atoms with E-state index < -0.39 is 18.6 Å². The number of nitrogens with one attached hydrogen (secondary N) is 1. The molecule has 0 atom stereocenters. The minimum atomic E-state index is -4.26. The number of hydrogen-bond acceptors (Lipinski definition) is 5. The topological polar surface area (TPSA) is 77.2 Å². The summed E-state index contributed by atoms with van der Waals surface area (Å²) in [4.78, 5) is 15.0. The summed E-state index contributed by atoms with van der Waals surface area (Å²) in [6.07, 6.45) is -5.28. The van der Waals surface area contributed by atoms with Gasteiger partial charge in [-0.15, -0.1) is 0 Å². The van der Waals surface area contributed by atoms with Gasteiger partial charge in [0.1, 0.15) is 5.82 Å². The molecule has 0 radical (unpaired) electrons.